The summed E-state index contributed by atoms with van der Waals surface area (Å²) in [5, 5.41) is 15.6. The SMILES string of the molecule is CNc1ncc(Br)c(NCC2CCCC2CO)n1. The largest absolute Gasteiger partial charge is 0.396 e. The van der Waals surface area contributed by atoms with Crippen molar-refractivity contribution in [3.63, 3.8) is 0 Å². The van der Waals surface area contributed by atoms with Crippen molar-refractivity contribution in [3.05, 3.63) is 10.7 Å². The summed E-state index contributed by atoms with van der Waals surface area (Å²) >= 11 is 3.44. The van der Waals surface area contributed by atoms with E-state index in [2.05, 4.69) is 36.5 Å². The molecule has 0 aromatic carbocycles. The second-order valence-electron chi connectivity index (χ2n) is 4.65. The Labute approximate surface area is 116 Å². The number of rotatable bonds is 5. The third-order valence-electron chi connectivity index (χ3n) is 3.55. The van der Waals surface area contributed by atoms with Gasteiger partial charge in [0, 0.05) is 26.4 Å². The van der Waals surface area contributed by atoms with Gasteiger partial charge in [-0.15, -0.1) is 0 Å². The Morgan fingerprint density at radius 2 is 2.22 bits per heavy atom. The average Bonchev–Trinajstić information content (AvgIpc) is 2.85. The maximum absolute atomic E-state index is 9.30. The molecule has 6 heteroatoms. The molecule has 0 saturated heterocycles. The van der Waals surface area contributed by atoms with Gasteiger partial charge in [-0.1, -0.05) is 6.42 Å². The first-order valence-electron chi connectivity index (χ1n) is 6.29. The molecule has 100 valence electrons. The van der Waals surface area contributed by atoms with Gasteiger partial charge in [0.05, 0.1) is 4.47 Å². The fraction of sp³-hybridized carbons (Fsp3) is 0.667. The van der Waals surface area contributed by atoms with E-state index in [0.717, 1.165) is 23.3 Å². The highest BCUT2D eigenvalue weighted by Gasteiger charge is 2.26. The van der Waals surface area contributed by atoms with Gasteiger partial charge in [-0.25, -0.2) is 4.98 Å². The maximum Gasteiger partial charge on any atom is 0.224 e. The number of aliphatic hydroxyl groups excluding tert-OH is 1. The standard InChI is InChI=1S/C12H19BrN4O/c1-14-12-16-6-10(13)11(17-12)15-5-8-3-2-4-9(8)7-18/h6,8-9,18H,2-5,7H2,1H3,(H2,14,15,16,17). The Bertz CT molecular complexity index is 402. The summed E-state index contributed by atoms with van der Waals surface area (Å²) in [6, 6.07) is 0. The van der Waals surface area contributed by atoms with Crippen LogP contribution in [0.5, 0.6) is 0 Å². The molecule has 18 heavy (non-hydrogen) atoms. The van der Waals surface area contributed by atoms with Crippen LogP contribution in [-0.4, -0.2) is 35.3 Å². The van der Waals surface area contributed by atoms with Crippen LogP contribution >= 0.6 is 15.9 Å². The van der Waals surface area contributed by atoms with Crippen LogP contribution in [0.25, 0.3) is 0 Å². The van der Waals surface area contributed by atoms with E-state index in [1.54, 1.807) is 13.2 Å². The summed E-state index contributed by atoms with van der Waals surface area (Å²) in [5.41, 5.74) is 0. The zero-order chi connectivity index (χ0) is 13.0. The van der Waals surface area contributed by atoms with Gasteiger partial charge >= 0.3 is 0 Å². The Morgan fingerprint density at radius 1 is 1.44 bits per heavy atom. The van der Waals surface area contributed by atoms with Gasteiger partial charge in [-0.2, -0.15) is 4.98 Å². The molecule has 1 saturated carbocycles. The Kier molecular flexibility index (Phi) is 4.77. The normalized spacial score (nSPS) is 23.1. The molecule has 1 fully saturated rings. The molecule has 1 aromatic rings. The van der Waals surface area contributed by atoms with Crippen LogP contribution in [0.1, 0.15) is 19.3 Å². The lowest BCUT2D eigenvalue weighted by Gasteiger charge is -2.18. The van der Waals surface area contributed by atoms with E-state index in [4.69, 9.17) is 0 Å². The quantitative estimate of drug-likeness (QED) is 0.776. The molecular formula is C12H19BrN4O. The summed E-state index contributed by atoms with van der Waals surface area (Å²) < 4.78 is 0.861. The molecule has 2 rings (SSSR count). The molecule has 1 heterocycles. The van der Waals surface area contributed by atoms with E-state index >= 15 is 0 Å². The third-order valence-corrected chi connectivity index (χ3v) is 4.13. The van der Waals surface area contributed by atoms with Gasteiger partial charge in [-0.05, 0) is 40.6 Å². The van der Waals surface area contributed by atoms with E-state index in [1.165, 1.54) is 12.8 Å². The second kappa shape index (κ2) is 6.33. The molecule has 2 unspecified atom stereocenters. The van der Waals surface area contributed by atoms with Gasteiger partial charge in [-0.3, -0.25) is 0 Å². The minimum Gasteiger partial charge on any atom is -0.396 e. The molecule has 3 N–H and O–H groups in total. The van der Waals surface area contributed by atoms with Gasteiger partial charge in [0.25, 0.3) is 0 Å². The molecule has 1 aliphatic carbocycles. The predicted molar refractivity (Wildman–Crippen MR) is 75.7 cm³/mol. The van der Waals surface area contributed by atoms with Gasteiger partial charge in [0.2, 0.25) is 5.95 Å². The van der Waals surface area contributed by atoms with Crippen molar-refractivity contribution in [1.82, 2.24) is 9.97 Å². The fourth-order valence-corrected chi connectivity index (χ4v) is 2.79. The van der Waals surface area contributed by atoms with Crippen molar-refractivity contribution < 1.29 is 5.11 Å². The lowest BCUT2D eigenvalue weighted by atomic mass is 9.97. The summed E-state index contributed by atoms with van der Waals surface area (Å²) in [4.78, 5) is 8.48. The number of nitrogens with one attached hydrogen (secondary N) is 2. The van der Waals surface area contributed by atoms with Crippen molar-refractivity contribution >= 4 is 27.7 Å². The van der Waals surface area contributed by atoms with Crippen molar-refractivity contribution in [3.8, 4) is 0 Å². The van der Waals surface area contributed by atoms with Crippen molar-refractivity contribution in [2.24, 2.45) is 11.8 Å². The molecule has 0 spiro atoms. The highest BCUT2D eigenvalue weighted by molar-refractivity contribution is 9.10. The first kappa shape index (κ1) is 13.5. The minimum absolute atomic E-state index is 0.291. The molecule has 1 aromatic heterocycles. The van der Waals surface area contributed by atoms with E-state index in [0.29, 0.717) is 24.4 Å². The number of nitrogens with zero attached hydrogens (tertiary/aromatic N) is 2. The fourth-order valence-electron chi connectivity index (χ4n) is 2.46. The number of aromatic nitrogens is 2. The average molecular weight is 315 g/mol. The lowest BCUT2D eigenvalue weighted by Crippen LogP contribution is -2.21. The summed E-state index contributed by atoms with van der Waals surface area (Å²) in [5.74, 6) is 2.38. The smallest absolute Gasteiger partial charge is 0.224 e. The van der Waals surface area contributed by atoms with Crippen molar-refractivity contribution in [1.29, 1.82) is 0 Å². The lowest BCUT2D eigenvalue weighted by molar-refractivity contribution is 0.199. The molecule has 0 amide bonds. The van der Waals surface area contributed by atoms with Crippen LogP contribution in [-0.2, 0) is 0 Å². The number of halogens is 1. The van der Waals surface area contributed by atoms with Crippen LogP contribution in [0.4, 0.5) is 11.8 Å². The number of hydrogen-bond acceptors (Lipinski definition) is 5. The van der Waals surface area contributed by atoms with Crippen molar-refractivity contribution in [2.75, 3.05) is 30.8 Å². The molecular weight excluding hydrogens is 296 g/mol. The van der Waals surface area contributed by atoms with Crippen LogP contribution in [0.3, 0.4) is 0 Å². The summed E-state index contributed by atoms with van der Waals surface area (Å²) in [7, 11) is 1.80. The van der Waals surface area contributed by atoms with E-state index in [9.17, 15) is 5.11 Å². The molecule has 5 nitrogen and oxygen atoms in total. The van der Waals surface area contributed by atoms with E-state index < -0.39 is 0 Å². The second-order valence-corrected chi connectivity index (χ2v) is 5.51. The third kappa shape index (κ3) is 3.11. The predicted octanol–water partition coefficient (Wildman–Crippen LogP) is 2.10. The highest BCUT2D eigenvalue weighted by Crippen LogP contribution is 2.32. The highest BCUT2D eigenvalue weighted by atomic mass is 79.9. The first-order valence-corrected chi connectivity index (χ1v) is 7.09. The van der Waals surface area contributed by atoms with Crippen LogP contribution in [0.15, 0.2) is 10.7 Å². The molecule has 0 bridgehead atoms. The van der Waals surface area contributed by atoms with E-state index in [1.807, 2.05) is 0 Å². The topological polar surface area (TPSA) is 70.1 Å². The van der Waals surface area contributed by atoms with Crippen LogP contribution in [0.2, 0.25) is 0 Å². The van der Waals surface area contributed by atoms with Crippen molar-refractivity contribution in [2.45, 2.75) is 19.3 Å². The van der Waals surface area contributed by atoms with E-state index in [-0.39, 0.29) is 0 Å². The Balaban J connectivity index is 1.97. The van der Waals surface area contributed by atoms with Crippen LogP contribution in [0, 0.1) is 11.8 Å². The molecule has 0 radical (unpaired) electrons. The number of hydrogen-bond donors (Lipinski definition) is 3. The maximum atomic E-state index is 9.30. The Hall–Kier alpha value is -0.880. The minimum atomic E-state index is 0.291. The summed E-state index contributed by atoms with van der Waals surface area (Å²) in [6.45, 7) is 1.14. The number of aliphatic hydroxyl groups is 1. The zero-order valence-corrected chi connectivity index (χ0v) is 12.1. The zero-order valence-electron chi connectivity index (χ0n) is 10.5. The van der Waals surface area contributed by atoms with Gasteiger partial charge < -0.3 is 15.7 Å². The van der Waals surface area contributed by atoms with Gasteiger partial charge in [0.1, 0.15) is 5.82 Å². The molecule has 1 aliphatic rings. The van der Waals surface area contributed by atoms with Gasteiger partial charge in [0.15, 0.2) is 0 Å². The molecule has 2 atom stereocenters. The Morgan fingerprint density at radius 3 is 2.94 bits per heavy atom. The summed E-state index contributed by atoms with van der Waals surface area (Å²) in [6.07, 6.45) is 5.26. The monoisotopic (exact) mass is 314 g/mol. The number of anilines is 2. The molecule has 0 aliphatic heterocycles. The van der Waals surface area contributed by atoms with Crippen LogP contribution < -0.4 is 10.6 Å². The first-order chi connectivity index (χ1) is 8.74.